The Morgan fingerprint density at radius 3 is 2.38 bits per heavy atom. The van der Waals surface area contributed by atoms with Crippen LogP contribution in [0.2, 0.25) is 0 Å². The van der Waals surface area contributed by atoms with Crippen molar-refractivity contribution in [2.45, 2.75) is 38.8 Å². The first-order chi connectivity index (χ1) is 19.2. The molecule has 9 nitrogen and oxygen atoms in total. The molecule has 2 heterocycles. The first-order valence-electron chi connectivity index (χ1n) is 13.0. The van der Waals surface area contributed by atoms with E-state index in [-0.39, 0.29) is 12.2 Å². The van der Waals surface area contributed by atoms with Crippen LogP contribution in [0.3, 0.4) is 0 Å². The van der Waals surface area contributed by atoms with Gasteiger partial charge in [0.05, 0.1) is 40.2 Å². The van der Waals surface area contributed by atoms with Gasteiger partial charge in [-0.25, -0.2) is 0 Å². The molecule has 0 saturated carbocycles. The molecular weight excluding hydrogens is 514 g/mol. The fourth-order valence-corrected chi connectivity index (χ4v) is 4.78. The van der Waals surface area contributed by atoms with Gasteiger partial charge in [-0.2, -0.15) is 0 Å². The third-order valence-corrected chi connectivity index (χ3v) is 6.86. The molecule has 1 aliphatic rings. The van der Waals surface area contributed by atoms with Gasteiger partial charge in [-0.1, -0.05) is 18.7 Å². The molecule has 2 aromatic carbocycles. The summed E-state index contributed by atoms with van der Waals surface area (Å²) in [4.78, 5) is 27.3. The van der Waals surface area contributed by atoms with E-state index in [1.807, 2.05) is 19.1 Å². The number of hydrogen-bond donors (Lipinski definition) is 1. The van der Waals surface area contributed by atoms with Gasteiger partial charge in [-0.05, 0) is 59.9 Å². The van der Waals surface area contributed by atoms with Crippen molar-refractivity contribution in [1.29, 1.82) is 0 Å². The molecule has 212 valence electrons. The lowest BCUT2D eigenvalue weighted by Gasteiger charge is -2.29. The molecule has 1 unspecified atom stereocenters. The molecular formula is C31H35NO8. The Morgan fingerprint density at radius 2 is 1.75 bits per heavy atom. The van der Waals surface area contributed by atoms with E-state index in [0.29, 0.717) is 48.3 Å². The highest BCUT2D eigenvalue weighted by atomic mass is 16.5. The molecule has 1 N–H and O–H groups in total. The number of carbonyl (C=O) groups excluding carboxylic acids is 1. The molecule has 0 spiro atoms. The summed E-state index contributed by atoms with van der Waals surface area (Å²) in [6, 6.07) is 12.3. The third kappa shape index (κ3) is 6.66. The van der Waals surface area contributed by atoms with E-state index < -0.39 is 23.1 Å². The van der Waals surface area contributed by atoms with Gasteiger partial charge in [-0.3, -0.25) is 14.5 Å². The topological polar surface area (TPSA) is 108 Å². The molecule has 0 aliphatic carbocycles. The molecule has 1 aliphatic heterocycles. The van der Waals surface area contributed by atoms with Crippen molar-refractivity contribution in [3.05, 3.63) is 93.1 Å². The molecule has 0 bridgehead atoms. The number of hydrogen-bond acceptors (Lipinski definition) is 9. The van der Waals surface area contributed by atoms with Gasteiger partial charge < -0.3 is 28.5 Å². The lowest BCUT2D eigenvalue weighted by Crippen LogP contribution is -2.30. The maximum atomic E-state index is 12.8. The molecule has 0 fully saturated rings. The van der Waals surface area contributed by atoms with Crippen LogP contribution in [0.4, 0.5) is 0 Å². The second-order valence-electron chi connectivity index (χ2n) is 9.87. The quantitative estimate of drug-likeness (QED) is 0.272. The lowest BCUT2D eigenvalue weighted by molar-refractivity contribution is -0.140. The van der Waals surface area contributed by atoms with Crippen LogP contribution in [0.5, 0.6) is 23.0 Å². The lowest BCUT2D eigenvalue weighted by atomic mass is 9.92. The van der Waals surface area contributed by atoms with Gasteiger partial charge in [0.2, 0.25) is 11.2 Å². The summed E-state index contributed by atoms with van der Waals surface area (Å²) in [5.74, 6) is 0.611. The zero-order valence-corrected chi connectivity index (χ0v) is 23.3. The van der Waals surface area contributed by atoms with Crippen molar-refractivity contribution in [2.75, 3.05) is 34.5 Å². The maximum absolute atomic E-state index is 12.8. The van der Waals surface area contributed by atoms with Crippen molar-refractivity contribution in [2.24, 2.45) is 0 Å². The van der Waals surface area contributed by atoms with Crippen LogP contribution >= 0.6 is 0 Å². The zero-order chi connectivity index (χ0) is 28.8. The minimum absolute atomic E-state index is 0.0207. The van der Waals surface area contributed by atoms with E-state index in [0.717, 1.165) is 24.1 Å². The second-order valence-corrected chi connectivity index (χ2v) is 9.87. The number of methoxy groups -OCH3 is 3. The Bertz CT molecular complexity index is 1430. The SMILES string of the molecule is C=C(C)COc1ccc(C(CC(=O)OC)c2oc(CN3CCc4cc(OC)c(OC)cc4C3)cc(=O)c2O)cc1. The molecule has 0 saturated heterocycles. The number of nitrogens with zero attached hydrogens (tertiary/aromatic N) is 1. The Labute approximate surface area is 233 Å². The summed E-state index contributed by atoms with van der Waals surface area (Å²) in [7, 11) is 4.51. The van der Waals surface area contributed by atoms with Gasteiger partial charge in [0.1, 0.15) is 18.1 Å². The zero-order valence-electron chi connectivity index (χ0n) is 23.3. The molecule has 1 aromatic heterocycles. The summed E-state index contributed by atoms with van der Waals surface area (Å²) < 4.78 is 27.6. The summed E-state index contributed by atoms with van der Waals surface area (Å²) in [6.45, 7) is 7.78. The van der Waals surface area contributed by atoms with Gasteiger partial charge in [0.15, 0.2) is 17.3 Å². The van der Waals surface area contributed by atoms with E-state index in [1.54, 1.807) is 38.5 Å². The number of carbonyl (C=O) groups is 1. The highest BCUT2D eigenvalue weighted by molar-refractivity contribution is 5.71. The Morgan fingerprint density at radius 1 is 1.07 bits per heavy atom. The predicted molar refractivity (Wildman–Crippen MR) is 149 cm³/mol. The summed E-state index contributed by atoms with van der Waals surface area (Å²) in [5.41, 5.74) is 3.25. The van der Waals surface area contributed by atoms with Crippen molar-refractivity contribution < 1.29 is 33.3 Å². The molecule has 9 heteroatoms. The standard InChI is InChI=1S/C31H35NO8/c1-19(2)18-39-23-8-6-20(7-9-23)25(15-29(34)38-5)31-30(35)26(33)14-24(40-31)17-32-11-10-21-12-27(36-3)28(37-4)13-22(21)16-32/h6-9,12-14,25,35H,1,10-11,15-18H2,2-5H3. The summed E-state index contributed by atoms with van der Waals surface area (Å²) >= 11 is 0. The van der Waals surface area contributed by atoms with Crippen LogP contribution in [0.15, 0.2) is 63.8 Å². The van der Waals surface area contributed by atoms with Crippen LogP contribution < -0.4 is 19.6 Å². The molecule has 1 atom stereocenters. The fraction of sp³-hybridized carbons (Fsp3) is 0.355. The average molecular weight is 550 g/mol. The maximum Gasteiger partial charge on any atom is 0.306 e. The third-order valence-electron chi connectivity index (χ3n) is 6.86. The smallest absolute Gasteiger partial charge is 0.306 e. The van der Waals surface area contributed by atoms with Crippen LogP contribution in [0.1, 0.15) is 47.5 Å². The Kier molecular flexibility index (Phi) is 9.16. The minimum atomic E-state index is -0.742. The molecule has 40 heavy (non-hydrogen) atoms. The number of rotatable bonds is 11. The largest absolute Gasteiger partial charge is 0.502 e. The monoisotopic (exact) mass is 549 g/mol. The van der Waals surface area contributed by atoms with Crippen LogP contribution in [-0.2, 0) is 29.0 Å². The van der Waals surface area contributed by atoms with Crippen molar-refractivity contribution in [3.63, 3.8) is 0 Å². The predicted octanol–water partition coefficient (Wildman–Crippen LogP) is 4.57. The van der Waals surface area contributed by atoms with Gasteiger partial charge in [0.25, 0.3) is 0 Å². The van der Waals surface area contributed by atoms with Crippen LogP contribution in [0.25, 0.3) is 0 Å². The van der Waals surface area contributed by atoms with Gasteiger partial charge in [0, 0.05) is 19.2 Å². The van der Waals surface area contributed by atoms with Gasteiger partial charge in [-0.15, -0.1) is 0 Å². The average Bonchev–Trinajstić information content (AvgIpc) is 2.96. The molecule has 0 amide bonds. The number of esters is 1. The molecule has 0 radical (unpaired) electrons. The van der Waals surface area contributed by atoms with E-state index in [1.165, 1.54) is 18.7 Å². The number of ether oxygens (including phenoxy) is 4. The van der Waals surface area contributed by atoms with E-state index >= 15 is 0 Å². The number of benzene rings is 2. The van der Waals surface area contributed by atoms with Crippen LogP contribution in [0, 0.1) is 0 Å². The highest BCUT2D eigenvalue weighted by Gasteiger charge is 2.28. The van der Waals surface area contributed by atoms with E-state index in [2.05, 4.69) is 11.5 Å². The highest BCUT2D eigenvalue weighted by Crippen LogP contribution is 2.36. The Hall–Kier alpha value is -4.24. The molecule has 4 rings (SSSR count). The summed E-state index contributed by atoms with van der Waals surface area (Å²) in [5, 5.41) is 10.8. The van der Waals surface area contributed by atoms with Crippen molar-refractivity contribution in [3.8, 4) is 23.0 Å². The normalized spacial score (nSPS) is 13.7. The second kappa shape index (κ2) is 12.7. The summed E-state index contributed by atoms with van der Waals surface area (Å²) in [6.07, 6.45) is 0.663. The number of fused-ring (bicyclic) bond motifs is 1. The van der Waals surface area contributed by atoms with Crippen molar-refractivity contribution in [1.82, 2.24) is 4.90 Å². The first kappa shape index (κ1) is 28.8. The van der Waals surface area contributed by atoms with Crippen molar-refractivity contribution >= 4 is 5.97 Å². The minimum Gasteiger partial charge on any atom is -0.502 e. The van der Waals surface area contributed by atoms with Gasteiger partial charge >= 0.3 is 5.97 Å². The fourth-order valence-electron chi connectivity index (χ4n) is 4.78. The van der Waals surface area contributed by atoms with E-state index in [4.69, 9.17) is 23.4 Å². The Balaban J connectivity index is 1.62. The van der Waals surface area contributed by atoms with Crippen LogP contribution in [-0.4, -0.2) is 50.5 Å². The first-order valence-corrected chi connectivity index (χ1v) is 13.0. The molecule has 3 aromatic rings. The van der Waals surface area contributed by atoms with E-state index in [9.17, 15) is 14.7 Å². The number of aromatic hydroxyl groups is 1.